The highest BCUT2D eigenvalue weighted by atomic mass is 32.2. The summed E-state index contributed by atoms with van der Waals surface area (Å²) in [5, 5.41) is 3.24. The fraction of sp³-hybridized carbons (Fsp3) is 0.278. The average Bonchev–Trinajstić information content (AvgIpc) is 3.06. The molecule has 0 fully saturated rings. The van der Waals surface area contributed by atoms with Crippen molar-refractivity contribution in [3.8, 4) is 11.5 Å². The van der Waals surface area contributed by atoms with Gasteiger partial charge in [-0.1, -0.05) is 36.4 Å². The van der Waals surface area contributed by atoms with Crippen molar-refractivity contribution in [1.82, 2.24) is 5.32 Å². The van der Waals surface area contributed by atoms with Gasteiger partial charge in [-0.3, -0.25) is 4.79 Å². The molecule has 0 radical (unpaired) electrons. The van der Waals surface area contributed by atoms with E-state index in [2.05, 4.69) is 24.4 Å². The maximum atomic E-state index is 12.0. The van der Waals surface area contributed by atoms with Crippen molar-refractivity contribution in [3.63, 3.8) is 0 Å². The average molecular weight is 329 g/mol. The summed E-state index contributed by atoms with van der Waals surface area (Å²) in [6, 6.07) is 15.9. The summed E-state index contributed by atoms with van der Waals surface area (Å²) in [5.41, 5.74) is 2.24. The molecular formula is C18H19NO3S. The van der Waals surface area contributed by atoms with Crippen molar-refractivity contribution in [2.75, 3.05) is 12.5 Å². The number of carbonyl (C=O) groups is 1. The van der Waals surface area contributed by atoms with Gasteiger partial charge in [-0.15, -0.1) is 11.8 Å². The minimum atomic E-state index is 0.0375. The van der Waals surface area contributed by atoms with Crippen LogP contribution in [-0.2, 0) is 11.3 Å². The predicted octanol–water partition coefficient (Wildman–Crippen LogP) is 3.53. The first-order chi connectivity index (χ1) is 11.2. The Balaban J connectivity index is 1.45. The van der Waals surface area contributed by atoms with E-state index >= 15 is 0 Å². The molecule has 120 valence electrons. The number of thioether (sulfide) groups is 1. The zero-order valence-corrected chi connectivity index (χ0v) is 13.8. The fourth-order valence-corrected chi connectivity index (χ4v) is 3.18. The van der Waals surface area contributed by atoms with E-state index < -0.39 is 0 Å². The molecule has 2 aromatic carbocycles. The highest BCUT2D eigenvalue weighted by Gasteiger charge is 2.14. The predicted molar refractivity (Wildman–Crippen MR) is 91.7 cm³/mol. The molecule has 1 unspecified atom stereocenters. The molecule has 1 amide bonds. The molecule has 0 saturated heterocycles. The SMILES string of the molecule is CC(SCC(=O)NCc1ccc2c(c1)OCO2)c1ccccc1. The van der Waals surface area contributed by atoms with Crippen LogP contribution >= 0.6 is 11.8 Å². The molecule has 0 bridgehead atoms. The second kappa shape index (κ2) is 7.42. The maximum absolute atomic E-state index is 12.0. The van der Waals surface area contributed by atoms with Crippen LogP contribution in [0.15, 0.2) is 48.5 Å². The first-order valence-electron chi connectivity index (χ1n) is 7.54. The van der Waals surface area contributed by atoms with Gasteiger partial charge in [-0.05, 0) is 30.2 Å². The van der Waals surface area contributed by atoms with E-state index in [9.17, 15) is 4.79 Å². The van der Waals surface area contributed by atoms with Crippen LogP contribution in [0.25, 0.3) is 0 Å². The first-order valence-corrected chi connectivity index (χ1v) is 8.59. The maximum Gasteiger partial charge on any atom is 0.231 e. The molecule has 0 saturated carbocycles. The Morgan fingerprint density at radius 1 is 1.17 bits per heavy atom. The molecule has 1 N–H and O–H groups in total. The molecule has 0 spiro atoms. The Morgan fingerprint density at radius 3 is 2.78 bits per heavy atom. The van der Waals surface area contributed by atoms with Crippen LogP contribution in [0.4, 0.5) is 0 Å². The van der Waals surface area contributed by atoms with Gasteiger partial charge >= 0.3 is 0 Å². The van der Waals surface area contributed by atoms with Gasteiger partial charge in [0.25, 0.3) is 0 Å². The van der Waals surface area contributed by atoms with E-state index in [-0.39, 0.29) is 12.7 Å². The van der Waals surface area contributed by atoms with Crippen molar-refractivity contribution in [3.05, 3.63) is 59.7 Å². The van der Waals surface area contributed by atoms with Crippen LogP contribution in [0.2, 0.25) is 0 Å². The van der Waals surface area contributed by atoms with Gasteiger partial charge in [0, 0.05) is 11.8 Å². The number of benzene rings is 2. The van der Waals surface area contributed by atoms with Gasteiger partial charge < -0.3 is 14.8 Å². The Kier molecular flexibility index (Phi) is 5.08. The number of hydrogen-bond donors (Lipinski definition) is 1. The summed E-state index contributed by atoms with van der Waals surface area (Å²) < 4.78 is 10.6. The summed E-state index contributed by atoms with van der Waals surface area (Å²) in [6.45, 7) is 2.88. The summed E-state index contributed by atoms with van der Waals surface area (Å²) in [5.74, 6) is 1.98. The van der Waals surface area contributed by atoms with Crippen molar-refractivity contribution in [2.24, 2.45) is 0 Å². The molecule has 1 heterocycles. The number of carbonyl (C=O) groups excluding carboxylic acids is 1. The van der Waals surface area contributed by atoms with Crippen molar-refractivity contribution in [1.29, 1.82) is 0 Å². The molecule has 5 heteroatoms. The fourth-order valence-electron chi connectivity index (χ4n) is 2.32. The Hall–Kier alpha value is -2.14. The number of amides is 1. The number of nitrogens with one attached hydrogen (secondary N) is 1. The van der Waals surface area contributed by atoms with E-state index in [1.807, 2.05) is 36.4 Å². The molecule has 1 aliphatic rings. The van der Waals surface area contributed by atoms with E-state index in [4.69, 9.17) is 9.47 Å². The van der Waals surface area contributed by atoms with Gasteiger partial charge in [-0.25, -0.2) is 0 Å². The van der Waals surface area contributed by atoms with Crippen LogP contribution in [0.5, 0.6) is 11.5 Å². The van der Waals surface area contributed by atoms with E-state index in [1.165, 1.54) is 5.56 Å². The Labute approximate surface area is 140 Å². The van der Waals surface area contributed by atoms with E-state index in [0.717, 1.165) is 17.1 Å². The summed E-state index contributed by atoms with van der Waals surface area (Å²) >= 11 is 1.64. The molecule has 23 heavy (non-hydrogen) atoms. The lowest BCUT2D eigenvalue weighted by atomic mass is 10.2. The Bertz CT molecular complexity index is 675. The minimum Gasteiger partial charge on any atom is -0.454 e. The van der Waals surface area contributed by atoms with Gasteiger partial charge in [0.1, 0.15) is 0 Å². The molecule has 1 atom stereocenters. The van der Waals surface area contributed by atoms with Crippen molar-refractivity contribution >= 4 is 17.7 Å². The van der Waals surface area contributed by atoms with Crippen molar-refractivity contribution < 1.29 is 14.3 Å². The zero-order valence-electron chi connectivity index (χ0n) is 13.0. The van der Waals surface area contributed by atoms with E-state index in [1.54, 1.807) is 11.8 Å². The van der Waals surface area contributed by atoms with Crippen LogP contribution in [0.3, 0.4) is 0 Å². The lowest BCUT2D eigenvalue weighted by Crippen LogP contribution is -2.24. The van der Waals surface area contributed by atoms with Gasteiger partial charge in [0.05, 0.1) is 5.75 Å². The zero-order chi connectivity index (χ0) is 16.1. The summed E-state index contributed by atoms with van der Waals surface area (Å²) in [6.07, 6.45) is 0. The lowest BCUT2D eigenvalue weighted by Gasteiger charge is -2.11. The molecule has 4 nitrogen and oxygen atoms in total. The third kappa shape index (κ3) is 4.20. The van der Waals surface area contributed by atoms with Gasteiger partial charge in [0.15, 0.2) is 11.5 Å². The van der Waals surface area contributed by atoms with Crippen LogP contribution in [0.1, 0.15) is 23.3 Å². The number of fused-ring (bicyclic) bond motifs is 1. The number of hydrogen-bond acceptors (Lipinski definition) is 4. The topological polar surface area (TPSA) is 47.6 Å². The summed E-state index contributed by atoms with van der Waals surface area (Å²) in [7, 11) is 0. The summed E-state index contributed by atoms with van der Waals surface area (Å²) in [4.78, 5) is 12.0. The molecule has 3 rings (SSSR count). The molecule has 2 aromatic rings. The lowest BCUT2D eigenvalue weighted by molar-refractivity contribution is -0.118. The molecular weight excluding hydrogens is 310 g/mol. The second-order valence-corrected chi connectivity index (χ2v) is 6.66. The highest BCUT2D eigenvalue weighted by Crippen LogP contribution is 2.32. The smallest absolute Gasteiger partial charge is 0.231 e. The minimum absolute atomic E-state index is 0.0375. The number of rotatable bonds is 6. The normalized spacial score (nSPS) is 13.6. The van der Waals surface area contributed by atoms with Crippen molar-refractivity contribution in [2.45, 2.75) is 18.7 Å². The van der Waals surface area contributed by atoms with Crippen LogP contribution < -0.4 is 14.8 Å². The van der Waals surface area contributed by atoms with Crippen LogP contribution in [0, 0.1) is 0 Å². The Morgan fingerprint density at radius 2 is 1.96 bits per heavy atom. The monoisotopic (exact) mass is 329 g/mol. The standard InChI is InChI=1S/C18H19NO3S/c1-13(15-5-3-2-4-6-15)23-11-18(20)19-10-14-7-8-16-17(9-14)22-12-21-16/h2-9,13H,10-12H2,1H3,(H,19,20). The second-order valence-electron chi connectivity index (χ2n) is 5.33. The first kappa shape index (κ1) is 15.7. The third-order valence-electron chi connectivity index (χ3n) is 3.66. The molecule has 1 aliphatic heterocycles. The third-order valence-corrected chi connectivity index (χ3v) is 4.86. The largest absolute Gasteiger partial charge is 0.454 e. The quantitative estimate of drug-likeness (QED) is 0.881. The van der Waals surface area contributed by atoms with Gasteiger partial charge in [0.2, 0.25) is 12.7 Å². The number of ether oxygens (including phenoxy) is 2. The molecule has 0 aromatic heterocycles. The van der Waals surface area contributed by atoms with Gasteiger partial charge in [-0.2, -0.15) is 0 Å². The highest BCUT2D eigenvalue weighted by molar-refractivity contribution is 8.00. The van der Waals surface area contributed by atoms with Crippen LogP contribution in [-0.4, -0.2) is 18.5 Å². The molecule has 0 aliphatic carbocycles. The van der Waals surface area contributed by atoms with E-state index in [0.29, 0.717) is 17.5 Å².